The van der Waals surface area contributed by atoms with Gasteiger partial charge in [0.2, 0.25) is 0 Å². The highest BCUT2D eigenvalue weighted by atomic mass is 35.5. The van der Waals surface area contributed by atoms with Gasteiger partial charge in [-0.15, -0.1) is 0 Å². The van der Waals surface area contributed by atoms with Crippen LogP contribution in [-0.4, -0.2) is 9.55 Å². The highest BCUT2D eigenvalue weighted by Gasteiger charge is 2.33. The lowest BCUT2D eigenvalue weighted by Gasteiger charge is -2.28. The van der Waals surface area contributed by atoms with E-state index in [9.17, 15) is 0 Å². The van der Waals surface area contributed by atoms with Crippen LogP contribution in [0.5, 0.6) is 0 Å². The second-order valence-corrected chi connectivity index (χ2v) is 6.73. The van der Waals surface area contributed by atoms with Gasteiger partial charge in [0.1, 0.15) is 5.82 Å². The van der Waals surface area contributed by atoms with Gasteiger partial charge in [0.05, 0.1) is 16.6 Å². The molecule has 2 N–H and O–H groups in total. The number of hydrogen-bond donors (Lipinski definition) is 1. The Kier molecular flexibility index (Phi) is 4.23. The normalized spacial score (nSPS) is 18.8. The molecular weight excluding hydrogens is 282 g/mol. The summed E-state index contributed by atoms with van der Waals surface area (Å²) >= 11 is 6.17. The molecule has 3 nitrogen and oxygen atoms in total. The molecule has 0 spiro atoms. The van der Waals surface area contributed by atoms with Crippen molar-refractivity contribution in [2.75, 3.05) is 0 Å². The summed E-state index contributed by atoms with van der Waals surface area (Å²) in [5.74, 6) is 1.06. The molecule has 1 aliphatic carbocycles. The van der Waals surface area contributed by atoms with Crippen molar-refractivity contribution in [3.63, 3.8) is 0 Å². The van der Waals surface area contributed by atoms with E-state index in [1.54, 1.807) is 0 Å². The molecule has 2 aromatic rings. The minimum atomic E-state index is -0.281. The van der Waals surface area contributed by atoms with Gasteiger partial charge in [0.25, 0.3) is 0 Å². The van der Waals surface area contributed by atoms with Crippen LogP contribution in [0.2, 0.25) is 5.02 Å². The highest BCUT2D eigenvalue weighted by molar-refractivity contribution is 6.31. The Bertz CT molecular complexity index is 624. The molecule has 0 aliphatic heterocycles. The van der Waals surface area contributed by atoms with Crippen LogP contribution in [0.1, 0.15) is 57.7 Å². The lowest BCUT2D eigenvalue weighted by Crippen LogP contribution is -2.39. The fourth-order valence-electron chi connectivity index (χ4n) is 3.51. The smallest absolute Gasteiger partial charge is 0.130 e. The van der Waals surface area contributed by atoms with Crippen molar-refractivity contribution in [3.8, 4) is 0 Å². The first-order valence-electron chi connectivity index (χ1n) is 8.09. The third kappa shape index (κ3) is 2.82. The van der Waals surface area contributed by atoms with Gasteiger partial charge in [-0.05, 0) is 37.5 Å². The van der Waals surface area contributed by atoms with E-state index in [-0.39, 0.29) is 5.54 Å². The Morgan fingerprint density at radius 2 is 1.95 bits per heavy atom. The number of fused-ring (bicyclic) bond motifs is 1. The molecule has 0 saturated heterocycles. The van der Waals surface area contributed by atoms with Crippen LogP contribution < -0.4 is 5.73 Å². The number of rotatable bonds is 3. The number of halogens is 1. The number of nitrogens with two attached hydrogens (primary N) is 1. The Balaban J connectivity index is 2.13. The molecule has 1 heterocycles. The fourth-order valence-corrected chi connectivity index (χ4v) is 3.68. The first-order chi connectivity index (χ1) is 10.1. The minimum absolute atomic E-state index is 0.281. The van der Waals surface area contributed by atoms with Crippen LogP contribution in [0.3, 0.4) is 0 Å². The Morgan fingerprint density at radius 1 is 1.24 bits per heavy atom. The van der Waals surface area contributed by atoms with Crippen LogP contribution in [-0.2, 0) is 12.1 Å². The van der Waals surface area contributed by atoms with Crippen molar-refractivity contribution in [3.05, 3.63) is 29.0 Å². The number of aryl methyl sites for hydroxylation is 1. The van der Waals surface area contributed by atoms with Crippen LogP contribution in [0.15, 0.2) is 18.2 Å². The molecule has 0 bridgehead atoms. The van der Waals surface area contributed by atoms with E-state index in [0.717, 1.165) is 47.7 Å². The zero-order chi connectivity index (χ0) is 14.9. The van der Waals surface area contributed by atoms with Gasteiger partial charge >= 0.3 is 0 Å². The van der Waals surface area contributed by atoms with E-state index < -0.39 is 0 Å². The molecular formula is C17H24ClN3. The molecule has 4 heteroatoms. The van der Waals surface area contributed by atoms with Crippen LogP contribution in [0.4, 0.5) is 0 Å². The maximum Gasteiger partial charge on any atom is 0.130 e. The van der Waals surface area contributed by atoms with Crippen LogP contribution in [0.25, 0.3) is 11.0 Å². The zero-order valence-electron chi connectivity index (χ0n) is 12.7. The first-order valence-corrected chi connectivity index (χ1v) is 8.47. The van der Waals surface area contributed by atoms with Crippen molar-refractivity contribution in [2.24, 2.45) is 5.73 Å². The molecule has 1 aliphatic rings. The number of hydrogen-bond acceptors (Lipinski definition) is 2. The predicted molar refractivity (Wildman–Crippen MR) is 88.6 cm³/mol. The molecule has 1 aromatic carbocycles. The third-order valence-electron chi connectivity index (χ3n) is 4.60. The summed E-state index contributed by atoms with van der Waals surface area (Å²) in [7, 11) is 0. The average Bonchev–Trinajstić information content (AvgIpc) is 2.67. The Morgan fingerprint density at radius 3 is 2.62 bits per heavy atom. The molecule has 114 valence electrons. The summed E-state index contributed by atoms with van der Waals surface area (Å²) in [5.41, 5.74) is 8.65. The Hall–Kier alpha value is -1.06. The van der Waals surface area contributed by atoms with Gasteiger partial charge in [0, 0.05) is 11.6 Å². The monoisotopic (exact) mass is 305 g/mol. The first kappa shape index (κ1) is 14.9. The van der Waals surface area contributed by atoms with Crippen molar-refractivity contribution >= 4 is 22.6 Å². The summed E-state index contributed by atoms with van der Waals surface area (Å²) in [4.78, 5) is 4.89. The lowest BCUT2D eigenvalue weighted by atomic mass is 9.90. The van der Waals surface area contributed by atoms with E-state index in [0.29, 0.717) is 0 Å². The molecule has 0 amide bonds. The van der Waals surface area contributed by atoms with Gasteiger partial charge < -0.3 is 10.3 Å². The summed E-state index contributed by atoms with van der Waals surface area (Å²) < 4.78 is 2.30. The van der Waals surface area contributed by atoms with Crippen molar-refractivity contribution in [1.29, 1.82) is 0 Å². The van der Waals surface area contributed by atoms with Gasteiger partial charge in [0.15, 0.2) is 0 Å². The number of imidazole rings is 1. The fraction of sp³-hybridized carbons (Fsp3) is 0.588. The standard InChI is InChI=1S/C17H24ClN3/c1-2-11-21-15-12-13(18)7-8-14(15)20-16(21)17(19)9-5-3-4-6-10-17/h7-8,12H,2-6,9-11,19H2,1H3. The molecule has 1 fully saturated rings. The predicted octanol–water partition coefficient (Wildman–Crippen LogP) is 4.61. The molecule has 3 rings (SSSR count). The molecule has 0 radical (unpaired) electrons. The molecule has 0 unspecified atom stereocenters. The summed E-state index contributed by atoms with van der Waals surface area (Å²) in [6, 6.07) is 5.93. The minimum Gasteiger partial charge on any atom is -0.326 e. The van der Waals surface area contributed by atoms with Gasteiger partial charge in [-0.2, -0.15) is 0 Å². The topological polar surface area (TPSA) is 43.8 Å². The molecule has 21 heavy (non-hydrogen) atoms. The van der Waals surface area contributed by atoms with Gasteiger partial charge in [-0.3, -0.25) is 0 Å². The van der Waals surface area contributed by atoms with Crippen LogP contribution in [0, 0.1) is 0 Å². The van der Waals surface area contributed by atoms with Crippen molar-refractivity contribution in [1.82, 2.24) is 9.55 Å². The number of benzene rings is 1. The van der Waals surface area contributed by atoms with Crippen molar-refractivity contribution in [2.45, 2.75) is 64.0 Å². The van der Waals surface area contributed by atoms with Crippen molar-refractivity contribution < 1.29 is 0 Å². The van der Waals surface area contributed by atoms with E-state index >= 15 is 0 Å². The molecule has 1 aromatic heterocycles. The average molecular weight is 306 g/mol. The second kappa shape index (κ2) is 5.98. The largest absolute Gasteiger partial charge is 0.326 e. The quantitative estimate of drug-likeness (QED) is 0.842. The zero-order valence-corrected chi connectivity index (χ0v) is 13.5. The maximum atomic E-state index is 6.80. The lowest BCUT2D eigenvalue weighted by molar-refractivity contribution is 0.348. The molecule has 0 atom stereocenters. The summed E-state index contributed by atoms with van der Waals surface area (Å²) in [6.07, 6.45) is 8.12. The Labute approximate surface area is 131 Å². The van der Waals surface area contributed by atoms with Crippen LogP contribution >= 0.6 is 11.6 Å². The van der Waals surface area contributed by atoms with E-state index in [4.69, 9.17) is 22.3 Å². The third-order valence-corrected chi connectivity index (χ3v) is 4.83. The van der Waals surface area contributed by atoms with Gasteiger partial charge in [-0.1, -0.05) is 44.2 Å². The SMILES string of the molecule is CCCn1c(C2(N)CCCCCC2)nc2ccc(Cl)cc21. The summed E-state index contributed by atoms with van der Waals surface area (Å²) in [6.45, 7) is 3.14. The molecule has 1 saturated carbocycles. The number of aromatic nitrogens is 2. The summed E-state index contributed by atoms with van der Waals surface area (Å²) in [5, 5.41) is 0.762. The number of nitrogens with zero attached hydrogens (tertiary/aromatic N) is 2. The van der Waals surface area contributed by atoms with E-state index in [1.165, 1.54) is 25.7 Å². The highest BCUT2D eigenvalue weighted by Crippen LogP contribution is 2.35. The van der Waals surface area contributed by atoms with E-state index in [2.05, 4.69) is 11.5 Å². The van der Waals surface area contributed by atoms with E-state index in [1.807, 2.05) is 18.2 Å². The van der Waals surface area contributed by atoms with Gasteiger partial charge in [-0.25, -0.2) is 4.98 Å². The second-order valence-electron chi connectivity index (χ2n) is 6.29. The maximum absolute atomic E-state index is 6.80.